The van der Waals surface area contributed by atoms with Crippen molar-refractivity contribution in [1.29, 1.82) is 0 Å². The highest BCUT2D eigenvalue weighted by Gasteiger charge is 2.28. The number of hydrogen-bond donors (Lipinski definition) is 1. The van der Waals surface area contributed by atoms with E-state index in [1.54, 1.807) is 0 Å². The summed E-state index contributed by atoms with van der Waals surface area (Å²) < 4.78 is 30.9. The first-order chi connectivity index (χ1) is 15.6. The Balaban J connectivity index is 1.50. The number of fused-ring (bicyclic) bond motifs is 1. The van der Waals surface area contributed by atoms with E-state index in [4.69, 9.17) is 0 Å². The molecule has 2 aromatic heterocycles. The number of rotatable bonds is 5. The minimum absolute atomic E-state index is 0.145. The Bertz CT molecular complexity index is 1430. The molecule has 1 saturated heterocycles. The van der Waals surface area contributed by atoms with E-state index >= 15 is 0 Å². The first kappa shape index (κ1) is 22.9. The third kappa shape index (κ3) is 4.23. The van der Waals surface area contributed by atoms with Crippen LogP contribution in [0.1, 0.15) is 19.8 Å². The number of nitrogens with one attached hydrogen (secondary N) is 1. The van der Waals surface area contributed by atoms with Crippen LogP contribution in [0.3, 0.4) is 0 Å². The molecule has 3 heterocycles. The first-order valence-corrected chi connectivity index (χ1v) is 12.0. The normalized spacial score (nSPS) is 17.4. The molecule has 0 radical (unpaired) electrons. The van der Waals surface area contributed by atoms with Crippen molar-refractivity contribution in [2.45, 2.75) is 31.2 Å². The summed E-state index contributed by atoms with van der Waals surface area (Å²) in [6.45, 7) is 2.86. The number of hydrogen-bond acceptors (Lipinski definition) is 6. The summed E-state index contributed by atoms with van der Waals surface area (Å²) in [4.78, 5) is 41.4. The van der Waals surface area contributed by atoms with Crippen molar-refractivity contribution >= 4 is 32.8 Å². The fourth-order valence-corrected chi connectivity index (χ4v) is 5.69. The minimum Gasteiger partial charge on any atom is -0.325 e. The Morgan fingerprint density at radius 3 is 2.52 bits per heavy atom. The predicted molar refractivity (Wildman–Crippen MR) is 122 cm³/mol. The molecule has 176 valence electrons. The van der Waals surface area contributed by atoms with Crippen LogP contribution in [0.4, 0.5) is 5.69 Å². The molecule has 1 amide bonds. The van der Waals surface area contributed by atoms with Crippen LogP contribution in [-0.2, 0) is 35.5 Å². The molecule has 1 atom stereocenters. The van der Waals surface area contributed by atoms with E-state index in [1.165, 1.54) is 58.1 Å². The summed E-state index contributed by atoms with van der Waals surface area (Å²) in [5.41, 5.74) is -0.281. The van der Waals surface area contributed by atoms with E-state index in [-0.39, 0.29) is 22.6 Å². The molecular formula is C21H26N6O5S. The van der Waals surface area contributed by atoms with Gasteiger partial charge in [-0.1, -0.05) is 6.92 Å². The van der Waals surface area contributed by atoms with Crippen molar-refractivity contribution in [3.05, 3.63) is 51.4 Å². The van der Waals surface area contributed by atoms with E-state index in [2.05, 4.69) is 10.3 Å². The molecule has 0 bridgehead atoms. The third-order valence-electron chi connectivity index (χ3n) is 5.93. The van der Waals surface area contributed by atoms with E-state index in [0.717, 1.165) is 17.4 Å². The molecule has 0 spiro atoms. The van der Waals surface area contributed by atoms with Gasteiger partial charge in [0.05, 0.1) is 11.2 Å². The standard InChI is InChI=1S/C21H26N6O5S/c1-14-5-4-10-27(11-14)33(31,32)16-8-6-15(7-9-16)23-17(28)12-26-13-22-19-18(26)20(29)25(3)21(30)24(19)2/h6-9,13-14H,4-5,10-12H2,1-3H3,(H,23,28). The zero-order chi connectivity index (χ0) is 23.9. The molecule has 1 aliphatic rings. The first-order valence-electron chi connectivity index (χ1n) is 10.6. The van der Waals surface area contributed by atoms with Gasteiger partial charge in [-0.2, -0.15) is 4.31 Å². The van der Waals surface area contributed by atoms with Gasteiger partial charge in [-0.15, -0.1) is 0 Å². The lowest BCUT2D eigenvalue weighted by molar-refractivity contribution is -0.116. The van der Waals surface area contributed by atoms with Gasteiger partial charge in [0.1, 0.15) is 6.54 Å². The molecule has 11 nitrogen and oxygen atoms in total. The summed E-state index contributed by atoms with van der Waals surface area (Å²) >= 11 is 0. The summed E-state index contributed by atoms with van der Waals surface area (Å²) in [6.07, 6.45) is 3.20. The Morgan fingerprint density at radius 1 is 1.15 bits per heavy atom. The van der Waals surface area contributed by atoms with Crippen LogP contribution in [0.15, 0.2) is 45.1 Å². The van der Waals surface area contributed by atoms with Crippen molar-refractivity contribution < 1.29 is 13.2 Å². The highest BCUT2D eigenvalue weighted by molar-refractivity contribution is 7.89. The maximum absolute atomic E-state index is 12.9. The number of nitrogens with zero attached hydrogens (tertiary/aromatic N) is 5. The van der Waals surface area contributed by atoms with Gasteiger partial charge in [0.25, 0.3) is 5.56 Å². The number of aryl methyl sites for hydroxylation is 1. The van der Waals surface area contributed by atoms with Gasteiger partial charge < -0.3 is 9.88 Å². The van der Waals surface area contributed by atoms with Gasteiger partial charge in [-0.25, -0.2) is 18.2 Å². The SMILES string of the molecule is CC1CCCN(S(=O)(=O)c2ccc(NC(=O)Cn3cnc4c3c(=O)n(C)c(=O)n4C)cc2)C1. The Hall–Kier alpha value is -3.25. The molecule has 1 N–H and O–H groups in total. The van der Waals surface area contributed by atoms with E-state index in [9.17, 15) is 22.8 Å². The van der Waals surface area contributed by atoms with Crippen LogP contribution >= 0.6 is 0 Å². The number of amides is 1. The number of carbonyl (C=O) groups is 1. The Kier molecular flexibility index (Phi) is 5.97. The molecular weight excluding hydrogens is 448 g/mol. The largest absolute Gasteiger partial charge is 0.332 e. The number of benzene rings is 1. The second-order valence-electron chi connectivity index (χ2n) is 8.43. The second kappa shape index (κ2) is 8.60. The average molecular weight is 475 g/mol. The lowest BCUT2D eigenvalue weighted by Crippen LogP contribution is -2.39. The quantitative estimate of drug-likeness (QED) is 0.573. The topological polar surface area (TPSA) is 128 Å². The molecule has 33 heavy (non-hydrogen) atoms. The van der Waals surface area contributed by atoms with Crippen molar-refractivity contribution in [1.82, 2.24) is 23.0 Å². The van der Waals surface area contributed by atoms with Crippen LogP contribution in [0, 0.1) is 5.92 Å². The van der Waals surface area contributed by atoms with Gasteiger partial charge in [0.15, 0.2) is 11.2 Å². The zero-order valence-corrected chi connectivity index (χ0v) is 19.5. The molecule has 3 aromatic rings. The lowest BCUT2D eigenvalue weighted by Gasteiger charge is -2.30. The number of anilines is 1. The minimum atomic E-state index is -3.58. The van der Waals surface area contributed by atoms with E-state index in [0.29, 0.717) is 24.7 Å². The van der Waals surface area contributed by atoms with Crippen molar-refractivity contribution in [2.75, 3.05) is 18.4 Å². The van der Waals surface area contributed by atoms with Gasteiger partial charge in [0, 0.05) is 32.9 Å². The number of sulfonamides is 1. The number of aromatic nitrogens is 4. The zero-order valence-electron chi connectivity index (χ0n) is 18.7. The monoisotopic (exact) mass is 474 g/mol. The smallest absolute Gasteiger partial charge is 0.325 e. The molecule has 4 rings (SSSR count). The second-order valence-corrected chi connectivity index (χ2v) is 10.4. The van der Waals surface area contributed by atoms with Crippen LogP contribution in [0.5, 0.6) is 0 Å². The van der Waals surface area contributed by atoms with Gasteiger partial charge in [-0.3, -0.25) is 18.7 Å². The van der Waals surface area contributed by atoms with Crippen LogP contribution in [0.2, 0.25) is 0 Å². The third-order valence-corrected chi connectivity index (χ3v) is 7.81. The van der Waals surface area contributed by atoms with Crippen molar-refractivity contribution in [3.8, 4) is 0 Å². The fourth-order valence-electron chi connectivity index (χ4n) is 4.10. The van der Waals surface area contributed by atoms with Gasteiger partial charge >= 0.3 is 5.69 Å². The van der Waals surface area contributed by atoms with Crippen molar-refractivity contribution in [2.24, 2.45) is 20.0 Å². The average Bonchev–Trinajstić information content (AvgIpc) is 3.20. The number of carbonyl (C=O) groups excluding carboxylic acids is 1. The van der Waals surface area contributed by atoms with Gasteiger partial charge in [0.2, 0.25) is 15.9 Å². The van der Waals surface area contributed by atoms with Crippen LogP contribution < -0.4 is 16.6 Å². The summed E-state index contributed by atoms with van der Waals surface area (Å²) in [5.74, 6) is -0.101. The maximum atomic E-state index is 12.9. The molecule has 1 aliphatic heterocycles. The highest BCUT2D eigenvalue weighted by Crippen LogP contribution is 2.24. The fraction of sp³-hybridized carbons (Fsp3) is 0.429. The van der Waals surface area contributed by atoms with Crippen LogP contribution in [-0.4, -0.2) is 50.4 Å². The molecule has 1 unspecified atom stereocenters. The number of imidazole rings is 1. The van der Waals surface area contributed by atoms with E-state index < -0.39 is 27.2 Å². The van der Waals surface area contributed by atoms with Crippen molar-refractivity contribution in [3.63, 3.8) is 0 Å². The summed E-state index contributed by atoms with van der Waals surface area (Å²) in [5, 5.41) is 2.70. The van der Waals surface area contributed by atoms with Crippen LogP contribution in [0.25, 0.3) is 11.2 Å². The molecule has 1 aromatic carbocycles. The Morgan fingerprint density at radius 2 is 1.85 bits per heavy atom. The van der Waals surface area contributed by atoms with Gasteiger partial charge in [-0.05, 0) is 43.0 Å². The predicted octanol–water partition coefficient (Wildman–Crippen LogP) is 0.493. The highest BCUT2D eigenvalue weighted by atomic mass is 32.2. The Labute approximate surface area is 190 Å². The molecule has 0 saturated carbocycles. The summed E-state index contributed by atoms with van der Waals surface area (Å²) in [6, 6.07) is 6.02. The molecule has 0 aliphatic carbocycles. The molecule has 1 fully saturated rings. The lowest BCUT2D eigenvalue weighted by atomic mass is 10.0. The maximum Gasteiger partial charge on any atom is 0.332 e. The summed E-state index contributed by atoms with van der Waals surface area (Å²) in [7, 11) is -0.714. The van der Waals surface area contributed by atoms with E-state index in [1.807, 2.05) is 6.92 Å². The molecule has 12 heteroatoms. The number of piperidine rings is 1.